The quantitative estimate of drug-likeness (QED) is 0.575. The van der Waals surface area contributed by atoms with Crippen LogP contribution in [0.5, 0.6) is 0 Å². The Balaban J connectivity index is 1.91. The standard InChI is InChI=1S/C23H21ClN2O3/c1-14-3-5-21(18(11-14)23(27)28-2)26-22-17-12-16(24)4-6-20(17)25-13-19(22)15-7-9-29-10-8-15/h3-7,11-13H,8-10H2,1-2H3,(H,25,26). The number of hydrogen-bond acceptors (Lipinski definition) is 5. The number of aryl methyl sites for hydroxylation is 1. The van der Waals surface area contributed by atoms with Gasteiger partial charge in [0.15, 0.2) is 0 Å². The number of carbonyl (C=O) groups excluding carboxylic acids is 1. The third kappa shape index (κ3) is 3.97. The van der Waals surface area contributed by atoms with Crippen molar-refractivity contribution in [1.82, 2.24) is 4.98 Å². The van der Waals surface area contributed by atoms with Gasteiger partial charge in [0.1, 0.15) is 0 Å². The molecule has 1 aromatic heterocycles. The van der Waals surface area contributed by atoms with Gasteiger partial charge in [0.05, 0.1) is 42.8 Å². The van der Waals surface area contributed by atoms with Gasteiger partial charge in [-0.05, 0) is 49.2 Å². The first-order chi connectivity index (χ1) is 14.1. The van der Waals surface area contributed by atoms with Gasteiger partial charge in [-0.2, -0.15) is 0 Å². The van der Waals surface area contributed by atoms with Crippen LogP contribution >= 0.6 is 11.6 Å². The molecule has 2 heterocycles. The summed E-state index contributed by atoms with van der Waals surface area (Å²) in [6, 6.07) is 11.3. The molecule has 4 rings (SSSR count). The monoisotopic (exact) mass is 408 g/mol. The summed E-state index contributed by atoms with van der Waals surface area (Å²) < 4.78 is 10.4. The first-order valence-electron chi connectivity index (χ1n) is 9.38. The number of aromatic nitrogens is 1. The zero-order chi connectivity index (χ0) is 20.4. The summed E-state index contributed by atoms with van der Waals surface area (Å²) in [5.41, 5.74) is 5.93. The molecule has 0 spiro atoms. The van der Waals surface area contributed by atoms with E-state index in [4.69, 9.17) is 21.1 Å². The first-order valence-corrected chi connectivity index (χ1v) is 9.76. The maximum absolute atomic E-state index is 12.4. The molecule has 0 fully saturated rings. The van der Waals surface area contributed by atoms with Gasteiger partial charge in [0, 0.05) is 22.2 Å². The van der Waals surface area contributed by atoms with Crippen LogP contribution in [0.4, 0.5) is 11.4 Å². The van der Waals surface area contributed by atoms with Crippen molar-refractivity contribution in [1.29, 1.82) is 0 Å². The molecule has 6 heteroatoms. The van der Waals surface area contributed by atoms with Crippen LogP contribution in [0.3, 0.4) is 0 Å². The molecule has 0 aliphatic carbocycles. The maximum atomic E-state index is 12.4. The average Bonchev–Trinajstić information content (AvgIpc) is 2.75. The van der Waals surface area contributed by atoms with Crippen LogP contribution in [-0.2, 0) is 9.47 Å². The van der Waals surface area contributed by atoms with Gasteiger partial charge >= 0.3 is 5.97 Å². The predicted octanol–water partition coefficient (Wildman–Crippen LogP) is 5.53. The van der Waals surface area contributed by atoms with Crippen molar-refractivity contribution in [3.63, 3.8) is 0 Å². The van der Waals surface area contributed by atoms with E-state index in [1.807, 2.05) is 49.5 Å². The van der Waals surface area contributed by atoms with E-state index >= 15 is 0 Å². The number of nitrogens with zero attached hydrogens (tertiary/aromatic N) is 1. The van der Waals surface area contributed by atoms with E-state index in [-0.39, 0.29) is 5.97 Å². The lowest BCUT2D eigenvalue weighted by atomic mass is 9.98. The molecule has 1 aliphatic heterocycles. The average molecular weight is 409 g/mol. The van der Waals surface area contributed by atoms with E-state index in [1.165, 1.54) is 7.11 Å². The smallest absolute Gasteiger partial charge is 0.339 e. The minimum Gasteiger partial charge on any atom is -0.465 e. The number of methoxy groups -OCH3 is 1. The highest BCUT2D eigenvalue weighted by Crippen LogP contribution is 2.37. The number of anilines is 2. The topological polar surface area (TPSA) is 60.5 Å². The summed E-state index contributed by atoms with van der Waals surface area (Å²) in [5.74, 6) is -0.389. The highest BCUT2D eigenvalue weighted by Gasteiger charge is 2.18. The highest BCUT2D eigenvalue weighted by atomic mass is 35.5. The molecule has 1 N–H and O–H groups in total. The number of fused-ring (bicyclic) bond motifs is 1. The number of hydrogen-bond donors (Lipinski definition) is 1. The Kier molecular flexibility index (Phi) is 5.51. The summed E-state index contributed by atoms with van der Waals surface area (Å²) >= 11 is 6.29. The van der Waals surface area contributed by atoms with Crippen LogP contribution in [0.25, 0.3) is 16.5 Å². The van der Waals surface area contributed by atoms with Crippen molar-refractivity contribution in [3.05, 3.63) is 70.4 Å². The number of rotatable bonds is 4. The third-order valence-corrected chi connectivity index (χ3v) is 5.21. The summed E-state index contributed by atoms with van der Waals surface area (Å²) in [6.45, 7) is 3.17. The molecule has 0 radical (unpaired) electrons. The largest absolute Gasteiger partial charge is 0.465 e. The minimum atomic E-state index is -0.389. The predicted molar refractivity (Wildman–Crippen MR) is 116 cm³/mol. The Labute approximate surface area is 174 Å². The highest BCUT2D eigenvalue weighted by molar-refractivity contribution is 6.31. The molecule has 0 saturated carbocycles. The van der Waals surface area contributed by atoms with Crippen LogP contribution in [0.2, 0.25) is 5.02 Å². The summed E-state index contributed by atoms with van der Waals surface area (Å²) in [7, 11) is 1.38. The second-order valence-corrected chi connectivity index (χ2v) is 7.36. The molecular weight excluding hydrogens is 388 g/mol. The van der Waals surface area contributed by atoms with Gasteiger partial charge in [0.2, 0.25) is 0 Å². The molecule has 1 aliphatic rings. The van der Waals surface area contributed by atoms with Gasteiger partial charge in [-0.1, -0.05) is 29.3 Å². The number of pyridine rings is 1. The van der Waals surface area contributed by atoms with Crippen LogP contribution in [0.1, 0.15) is 27.9 Å². The van der Waals surface area contributed by atoms with E-state index < -0.39 is 0 Å². The number of ether oxygens (including phenoxy) is 2. The Bertz CT molecular complexity index is 1120. The molecule has 2 aromatic carbocycles. The van der Waals surface area contributed by atoms with Crippen molar-refractivity contribution >= 4 is 45.4 Å². The van der Waals surface area contributed by atoms with Gasteiger partial charge in [-0.3, -0.25) is 4.98 Å². The fraction of sp³-hybridized carbons (Fsp3) is 0.217. The molecular formula is C23H21ClN2O3. The van der Waals surface area contributed by atoms with Gasteiger partial charge in [-0.15, -0.1) is 0 Å². The van der Waals surface area contributed by atoms with Crippen LogP contribution in [0.15, 0.2) is 48.7 Å². The van der Waals surface area contributed by atoms with Crippen molar-refractivity contribution in [2.24, 2.45) is 0 Å². The number of esters is 1. The van der Waals surface area contributed by atoms with Crippen molar-refractivity contribution in [3.8, 4) is 0 Å². The van der Waals surface area contributed by atoms with E-state index in [0.717, 1.165) is 39.7 Å². The Hall–Kier alpha value is -2.89. The Morgan fingerprint density at radius 3 is 2.86 bits per heavy atom. The van der Waals surface area contributed by atoms with E-state index in [1.54, 1.807) is 0 Å². The second kappa shape index (κ2) is 8.23. The van der Waals surface area contributed by atoms with Crippen LogP contribution < -0.4 is 5.32 Å². The van der Waals surface area contributed by atoms with Crippen molar-refractivity contribution in [2.75, 3.05) is 25.6 Å². The minimum absolute atomic E-state index is 0.389. The Morgan fingerprint density at radius 1 is 1.24 bits per heavy atom. The maximum Gasteiger partial charge on any atom is 0.339 e. The second-order valence-electron chi connectivity index (χ2n) is 6.93. The molecule has 0 amide bonds. The number of benzene rings is 2. The van der Waals surface area contributed by atoms with Crippen LogP contribution in [0, 0.1) is 6.92 Å². The molecule has 0 bridgehead atoms. The SMILES string of the molecule is COC(=O)c1cc(C)ccc1Nc1c(C2=CCOCC2)cnc2ccc(Cl)cc12. The normalized spacial score (nSPS) is 13.8. The van der Waals surface area contributed by atoms with Gasteiger partial charge in [-0.25, -0.2) is 4.79 Å². The van der Waals surface area contributed by atoms with Crippen molar-refractivity contribution in [2.45, 2.75) is 13.3 Å². The van der Waals surface area contributed by atoms with E-state index in [2.05, 4.69) is 16.4 Å². The Morgan fingerprint density at radius 2 is 2.10 bits per heavy atom. The van der Waals surface area contributed by atoms with E-state index in [9.17, 15) is 4.79 Å². The molecule has 0 saturated heterocycles. The zero-order valence-corrected chi connectivity index (χ0v) is 17.0. The van der Waals surface area contributed by atoms with Crippen LogP contribution in [-0.4, -0.2) is 31.3 Å². The van der Waals surface area contributed by atoms with E-state index in [0.29, 0.717) is 29.5 Å². The van der Waals surface area contributed by atoms with Gasteiger partial charge in [0.25, 0.3) is 0 Å². The lowest BCUT2D eigenvalue weighted by Crippen LogP contribution is -2.09. The van der Waals surface area contributed by atoms with Gasteiger partial charge < -0.3 is 14.8 Å². The number of halogens is 1. The third-order valence-electron chi connectivity index (χ3n) is 4.98. The molecule has 0 unspecified atom stereocenters. The lowest BCUT2D eigenvalue weighted by molar-refractivity contribution is 0.0602. The van der Waals surface area contributed by atoms with Crippen molar-refractivity contribution < 1.29 is 14.3 Å². The fourth-order valence-corrected chi connectivity index (χ4v) is 3.67. The molecule has 0 atom stereocenters. The first kappa shape index (κ1) is 19.4. The molecule has 148 valence electrons. The zero-order valence-electron chi connectivity index (χ0n) is 16.3. The number of carbonyl (C=O) groups is 1. The summed E-state index contributed by atoms with van der Waals surface area (Å²) in [5, 5.41) is 4.98. The molecule has 5 nitrogen and oxygen atoms in total. The summed E-state index contributed by atoms with van der Waals surface area (Å²) in [6.07, 6.45) is 4.72. The lowest BCUT2D eigenvalue weighted by Gasteiger charge is -2.20. The fourth-order valence-electron chi connectivity index (χ4n) is 3.50. The molecule has 29 heavy (non-hydrogen) atoms. The number of nitrogens with one attached hydrogen (secondary N) is 1. The molecule has 3 aromatic rings. The summed E-state index contributed by atoms with van der Waals surface area (Å²) in [4.78, 5) is 17.0.